The largest absolute Gasteiger partial charge is 1.00 e. The van der Waals surface area contributed by atoms with Crippen molar-refractivity contribution in [2.24, 2.45) is 0 Å². The Hall–Kier alpha value is 0.860. The Bertz CT molecular complexity index is 232. The molecule has 0 aliphatic carbocycles. The molecule has 0 aliphatic heterocycles. The summed E-state index contributed by atoms with van der Waals surface area (Å²) in [4.78, 5) is 20.2. The molecular weight excluding hydrogens is 258 g/mol. The van der Waals surface area contributed by atoms with Gasteiger partial charge in [0.05, 0.1) is 23.0 Å². The molecule has 8 heteroatoms. The van der Waals surface area contributed by atoms with E-state index in [2.05, 4.69) is 10.6 Å². The van der Waals surface area contributed by atoms with Crippen molar-refractivity contribution in [3.63, 3.8) is 0 Å². The van der Waals surface area contributed by atoms with Crippen LogP contribution in [0.3, 0.4) is 0 Å². The second-order valence-corrected chi connectivity index (χ2v) is 4.32. The summed E-state index contributed by atoms with van der Waals surface area (Å²) in [6.45, 7) is 6.18. The maximum absolute atomic E-state index is 10.1. The summed E-state index contributed by atoms with van der Waals surface area (Å²) in [5, 5.41) is 25.3. The predicted octanol–water partition coefficient (Wildman–Crippen LogP) is -8.52. The SMILES string of the molecule is CNC(C)(C)C(=O)[O-].CNC(C)(C)C(=O)[O-].[Na+].[Na+]. The van der Waals surface area contributed by atoms with Crippen LogP contribution in [-0.4, -0.2) is 37.1 Å². The van der Waals surface area contributed by atoms with Gasteiger partial charge in [0, 0.05) is 0 Å². The summed E-state index contributed by atoms with van der Waals surface area (Å²) < 4.78 is 0. The van der Waals surface area contributed by atoms with Crippen LogP contribution >= 0.6 is 0 Å². The zero-order valence-electron chi connectivity index (χ0n) is 12.6. The van der Waals surface area contributed by atoms with E-state index in [1.54, 1.807) is 41.8 Å². The van der Waals surface area contributed by atoms with E-state index in [1.807, 2.05) is 0 Å². The van der Waals surface area contributed by atoms with E-state index in [0.717, 1.165) is 0 Å². The molecule has 0 aromatic heterocycles. The van der Waals surface area contributed by atoms with Gasteiger partial charge in [0.1, 0.15) is 0 Å². The number of hydrogen-bond acceptors (Lipinski definition) is 6. The molecule has 0 rings (SSSR count). The second kappa shape index (κ2) is 11.7. The normalized spacial score (nSPS) is 10.1. The Kier molecular flexibility index (Phi) is 17.7. The Balaban J connectivity index is -0.0000000980. The van der Waals surface area contributed by atoms with Crippen molar-refractivity contribution in [1.29, 1.82) is 0 Å². The predicted molar refractivity (Wildman–Crippen MR) is 56.3 cm³/mol. The Morgan fingerprint density at radius 2 is 0.944 bits per heavy atom. The zero-order valence-corrected chi connectivity index (χ0v) is 16.6. The number of rotatable bonds is 4. The third kappa shape index (κ3) is 11.9. The van der Waals surface area contributed by atoms with Gasteiger partial charge in [-0.1, -0.05) is 0 Å². The van der Waals surface area contributed by atoms with Crippen LogP contribution in [0.4, 0.5) is 0 Å². The first kappa shape index (κ1) is 27.2. The zero-order chi connectivity index (χ0) is 13.6. The fourth-order valence-electron chi connectivity index (χ4n) is 0.204. The first-order chi connectivity index (χ1) is 7.01. The summed E-state index contributed by atoms with van der Waals surface area (Å²) in [6, 6.07) is 0. The summed E-state index contributed by atoms with van der Waals surface area (Å²) >= 11 is 0. The van der Waals surface area contributed by atoms with Crippen LogP contribution in [-0.2, 0) is 9.59 Å². The van der Waals surface area contributed by atoms with Crippen molar-refractivity contribution < 1.29 is 78.9 Å². The summed E-state index contributed by atoms with van der Waals surface area (Å²) in [7, 11) is 3.16. The number of likely N-dealkylation sites (N-methyl/N-ethyl adjacent to an activating group) is 2. The molecule has 6 nitrogen and oxygen atoms in total. The molecule has 0 atom stereocenters. The minimum Gasteiger partial charge on any atom is -0.548 e. The molecule has 0 heterocycles. The fourth-order valence-corrected chi connectivity index (χ4v) is 0.204. The van der Waals surface area contributed by atoms with E-state index < -0.39 is 23.0 Å². The van der Waals surface area contributed by atoms with Crippen molar-refractivity contribution >= 4 is 11.9 Å². The first-order valence-corrected chi connectivity index (χ1v) is 4.82. The molecule has 0 saturated carbocycles. The third-order valence-corrected chi connectivity index (χ3v) is 2.27. The second-order valence-electron chi connectivity index (χ2n) is 4.32. The first-order valence-electron chi connectivity index (χ1n) is 4.82. The van der Waals surface area contributed by atoms with Gasteiger partial charge < -0.3 is 30.4 Å². The Morgan fingerprint density at radius 1 is 0.778 bits per heavy atom. The number of hydrogen-bond donors (Lipinski definition) is 2. The van der Waals surface area contributed by atoms with Crippen LogP contribution in [0.2, 0.25) is 0 Å². The van der Waals surface area contributed by atoms with E-state index in [9.17, 15) is 19.8 Å². The topological polar surface area (TPSA) is 104 Å². The van der Waals surface area contributed by atoms with Gasteiger partial charge in [-0.2, -0.15) is 0 Å². The molecule has 0 spiro atoms. The number of nitrogens with one attached hydrogen (secondary N) is 2. The monoisotopic (exact) mass is 278 g/mol. The van der Waals surface area contributed by atoms with Crippen LogP contribution in [0.5, 0.6) is 0 Å². The average Bonchev–Trinajstić information content (AvgIpc) is 2.18. The van der Waals surface area contributed by atoms with Crippen molar-refractivity contribution in [3.8, 4) is 0 Å². The molecule has 0 fully saturated rings. The van der Waals surface area contributed by atoms with Crippen LogP contribution in [0, 0.1) is 0 Å². The molecule has 0 aliphatic rings. The van der Waals surface area contributed by atoms with Crippen molar-refractivity contribution in [3.05, 3.63) is 0 Å². The summed E-state index contributed by atoms with van der Waals surface area (Å²) in [5.41, 5.74) is -1.81. The van der Waals surface area contributed by atoms with Crippen molar-refractivity contribution in [1.82, 2.24) is 10.6 Å². The molecule has 0 amide bonds. The van der Waals surface area contributed by atoms with Gasteiger partial charge in [-0.15, -0.1) is 0 Å². The van der Waals surface area contributed by atoms with E-state index >= 15 is 0 Å². The van der Waals surface area contributed by atoms with Gasteiger partial charge in [0.25, 0.3) is 0 Å². The van der Waals surface area contributed by atoms with Crippen LogP contribution in [0.15, 0.2) is 0 Å². The van der Waals surface area contributed by atoms with E-state index in [4.69, 9.17) is 0 Å². The Labute approximate surface area is 153 Å². The quantitative estimate of drug-likeness (QED) is 0.495. The van der Waals surface area contributed by atoms with Crippen LogP contribution in [0.1, 0.15) is 27.7 Å². The summed E-state index contributed by atoms with van der Waals surface area (Å²) in [5.74, 6) is -2.17. The maximum atomic E-state index is 10.1. The molecule has 18 heavy (non-hydrogen) atoms. The minimum absolute atomic E-state index is 0. The third-order valence-electron chi connectivity index (χ3n) is 2.27. The molecule has 0 aromatic rings. The molecule has 0 unspecified atom stereocenters. The standard InChI is InChI=1S/2C5H11NO2.2Na/c2*1-5(2,6-3)4(7)8;;/h2*6H,1-3H3,(H,7,8);;/q;;2*+1/p-2. The number of carboxylic acid groups (broad SMARTS) is 2. The summed E-state index contributed by atoms with van der Waals surface area (Å²) in [6.07, 6.45) is 0. The average molecular weight is 278 g/mol. The molecular formula is C10H20N2Na2O4. The number of carboxylic acids is 2. The van der Waals surface area contributed by atoms with Gasteiger partial charge >= 0.3 is 59.1 Å². The molecule has 96 valence electrons. The van der Waals surface area contributed by atoms with Crippen molar-refractivity contribution in [2.45, 2.75) is 38.8 Å². The molecule has 0 saturated heterocycles. The van der Waals surface area contributed by atoms with E-state index in [-0.39, 0.29) is 59.1 Å². The Morgan fingerprint density at radius 3 is 0.944 bits per heavy atom. The van der Waals surface area contributed by atoms with Gasteiger partial charge in [-0.3, -0.25) is 0 Å². The van der Waals surface area contributed by atoms with E-state index in [0.29, 0.717) is 0 Å². The molecule has 0 aromatic carbocycles. The van der Waals surface area contributed by atoms with Crippen LogP contribution in [0.25, 0.3) is 0 Å². The van der Waals surface area contributed by atoms with E-state index in [1.165, 1.54) is 0 Å². The van der Waals surface area contributed by atoms with Crippen molar-refractivity contribution in [2.75, 3.05) is 14.1 Å². The van der Waals surface area contributed by atoms with Gasteiger partial charge in [0.2, 0.25) is 0 Å². The minimum atomic E-state index is -1.08. The number of carbonyl (C=O) groups excluding carboxylic acids is 2. The van der Waals surface area contributed by atoms with Crippen LogP contribution < -0.4 is 80.0 Å². The number of aliphatic carboxylic acids is 2. The maximum Gasteiger partial charge on any atom is 1.00 e. The van der Waals surface area contributed by atoms with Gasteiger partial charge in [0.15, 0.2) is 0 Å². The van der Waals surface area contributed by atoms with Gasteiger partial charge in [-0.05, 0) is 41.8 Å². The number of carbonyl (C=O) groups is 2. The molecule has 2 N–H and O–H groups in total. The fraction of sp³-hybridized carbons (Fsp3) is 0.800. The molecule has 0 bridgehead atoms. The smallest absolute Gasteiger partial charge is 0.548 e. The molecule has 0 radical (unpaired) electrons. The van der Waals surface area contributed by atoms with Gasteiger partial charge in [-0.25, -0.2) is 0 Å².